The van der Waals surface area contributed by atoms with Crippen molar-refractivity contribution in [1.82, 2.24) is 10.2 Å². The molecule has 0 aliphatic carbocycles. The zero-order chi connectivity index (χ0) is 20.4. The van der Waals surface area contributed by atoms with Crippen molar-refractivity contribution in [2.75, 3.05) is 40.9 Å². The number of phenols is 1. The number of hydrogen-bond acceptors (Lipinski definition) is 4. The Morgan fingerprint density at radius 3 is 2.46 bits per heavy atom. The molecule has 28 heavy (non-hydrogen) atoms. The van der Waals surface area contributed by atoms with Crippen LogP contribution in [0.15, 0.2) is 47.5 Å². The Balaban J connectivity index is 1.95. The molecule has 0 amide bonds. The zero-order valence-corrected chi connectivity index (χ0v) is 17.2. The molecule has 0 aromatic heterocycles. The molecule has 0 fully saturated rings. The summed E-state index contributed by atoms with van der Waals surface area (Å²) in [6.45, 7) is 4.36. The van der Waals surface area contributed by atoms with E-state index in [4.69, 9.17) is 14.5 Å². The van der Waals surface area contributed by atoms with Crippen molar-refractivity contribution in [3.05, 3.63) is 53.6 Å². The van der Waals surface area contributed by atoms with Crippen LogP contribution in [0.25, 0.3) is 0 Å². The van der Waals surface area contributed by atoms with E-state index in [0.717, 1.165) is 49.0 Å². The average molecular weight is 386 g/mol. The molecule has 0 aliphatic rings. The fourth-order valence-electron chi connectivity index (χ4n) is 2.91. The third-order valence-electron chi connectivity index (χ3n) is 4.45. The monoisotopic (exact) mass is 385 g/mol. The minimum absolute atomic E-state index is 0.292. The molecule has 6 heteroatoms. The minimum Gasteiger partial charge on any atom is -0.508 e. The Kier molecular flexibility index (Phi) is 8.46. The van der Waals surface area contributed by atoms with E-state index in [2.05, 4.69) is 23.2 Å². The number of phenolic OH excluding ortho intramolecular Hbond substituents is 1. The Morgan fingerprint density at radius 1 is 1.04 bits per heavy atom. The van der Waals surface area contributed by atoms with E-state index in [1.54, 1.807) is 26.4 Å². The van der Waals surface area contributed by atoms with Crippen LogP contribution in [0.4, 0.5) is 0 Å². The first kappa shape index (κ1) is 21.4. The topological polar surface area (TPSA) is 66.3 Å². The molecule has 2 N–H and O–H groups in total. The van der Waals surface area contributed by atoms with Crippen molar-refractivity contribution in [3.8, 4) is 17.2 Å². The molecule has 0 radical (unpaired) electrons. The molecular weight excluding hydrogens is 354 g/mol. The fraction of sp³-hybridized carbons (Fsp3) is 0.409. The van der Waals surface area contributed by atoms with E-state index in [0.29, 0.717) is 12.3 Å². The van der Waals surface area contributed by atoms with Gasteiger partial charge in [-0.1, -0.05) is 18.2 Å². The highest BCUT2D eigenvalue weighted by Crippen LogP contribution is 2.27. The normalized spacial score (nSPS) is 11.2. The van der Waals surface area contributed by atoms with Gasteiger partial charge in [0.1, 0.15) is 5.75 Å². The van der Waals surface area contributed by atoms with Gasteiger partial charge in [0.15, 0.2) is 17.5 Å². The molecule has 2 aromatic carbocycles. The van der Waals surface area contributed by atoms with Crippen molar-refractivity contribution < 1.29 is 14.6 Å². The Bertz CT molecular complexity index is 777. The number of likely N-dealkylation sites (N-methyl/N-ethyl adjacent to an activating group) is 1. The van der Waals surface area contributed by atoms with E-state index in [1.807, 2.05) is 31.3 Å². The minimum atomic E-state index is 0.292. The molecule has 2 aromatic rings. The Labute approximate surface area is 167 Å². The summed E-state index contributed by atoms with van der Waals surface area (Å²) in [5.41, 5.74) is 2.26. The summed E-state index contributed by atoms with van der Waals surface area (Å²) in [5.74, 6) is 2.65. The van der Waals surface area contributed by atoms with E-state index >= 15 is 0 Å². The van der Waals surface area contributed by atoms with Gasteiger partial charge in [-0.2, -0.15) is 0 Å². The van der Waals surface area contributed by atoms with Gasteiger partial charge in [0, 0.05) is 26.7 Å². The van der Waals surface area contributed by atoms with Gasteiger partial charge in [-0.05, 0) is 55.2 Å². The fourth-order valence-corrected chi connectivity index (χ4v) is 2.91. The average Bonchev–Trinajstić information content (AvgIpc) is 2.71. The number of rotatable bonds is 9. The molecule has 0 aliphatic heterocycles. The van der Waals surface area contributed by atoms with Gasteiger partial charge >= 0.3 is 0 Å². The van der Waals surface area contributed by atoms with Gasteiger partial charge in [-0.25, -0.2) is 0 Å². The van der Waals surface area contributed by atoms with Gasteiger partial charge in [-0.3, -0.25) is 4.99 Å². The second kappa shape index (κ2) is 11.1. The molecule has 0 unspecified atom stereocenters. The molecule has 0 bridgehead atoms. The summed E-state index contributed by atoms with van der Waals surface area (Å²) in [7, 11) is 5.33. The highest BCUT2D eigenvalue weighted by atomic mass is 16.5. The second-order valence-electron chi connectivity index (χ2n) is 6.52. The number of ether oxygens (including phenoxy) is 2. The standard InChI is InChI=1S/C22H31N3O3/c1-5-23-22(24-13-11-17-7-6-8-19(26)15-17)25(2)14-12-18-9-10-20(27-3)21(16-18)28-4/h6-10,15-16,26H,5,11-14H2,1-4H3,(H,23,24). The number of aliphatic imine (C=N–C) groups is 1. The first-order valence-electron chi connectivity index (χ1n) is 9.55. The van der Waals surface area contributed by atoms with E-state index in [1.165, 1.54) is 5.56 Å². The van der Waals surface area contributed by atoms with Crippen molar-refractivity contribution in [3.63, 3.8) is 0 Å². The lowest BCUT2D eigenvalue weighted by Crippen LogP contribution is -2.40. The number of methoxy groups -OCH3 is 2. The van der Waals surface area contributed by atoms with Crippen molar-refractivity contribution in [1.29, 1.82) is 0 Å². The lowest BCUT2D eigenvalue weighted by Gasteiger charge is -2.22. The summed E-state index contributed by atoms with van der Waals surface area (Å²) >= 11 is 0. The number of aromatic hydroxyl groups is 1. The van der Waals surface area contributed by atoms with Gasteiger partial charge in [0.05, 0.1) is 14.2 Å². The first-order valence-corrected chi connectivity index (χ1v) is 9.55. The van der Waals surface area contributed by atoms with Crippen LogP contribution in [-0.4, -0.2) is 56.9 Å². The maximum absolute atomic E-state index is 9.57. The number of hydrogen-bond donors (Lipinski definition) is 2. The molecule has 152 valence electrons. The van der Waals surface area contributed by atoms with Gasteiger partial charge in [0.25, 0.3) is 0 Å². The lowest BCUT2D eigenvalue weighted by molar-refractivity contribution is 0.354. The van der Waals surface area contributed by atoms with Crippen molar-refractivity contribution >= 4 is 5.96 Å². The lowest BCUT2D eigenvalue weighted by atomic mass is 10.1. The van der Waals surface area contributed by atoms with Crippen LogP contribution in [0.3, 0.4) is 0 Å². The Hall–Kier alpha value is -2.89. The predicted octanol–water partition coefficient (Wildman–Crippen LogP) is 3.09. The van der Waals surface area contributed by atoms with Gasteiger partial charge < -0.3 is 24.8 Å². The SMILES string of the molecule is CCNC(=NCCc1cccc(O)c1)N(C)CCc1ccc(OC)c(OC)c1. The largest absolute Gasteiger partial charge is 0.508 e. The molecule has 0 saturated carbocycles. The van der Waals surface area contributed by atoms with Crippen LogP contribution in [-0.2, 0) is 12.8 Å². The van der Waals surface area contributed by atoms with Crippen LogP contribution in [0.2, 0.25) is 0 Å². The summed E-state index contributed by atoms with van der Waals surface area (Å²) in [4.78, 5) is 6.84. The van der Waals surface area contributed by atoms with E-state index in [-0.39, 0.29) is 0 Å². The predicted molar refractivity (Wildman–Crippen MR) is 114 cm³/mol. The van der Waals surface area contributed by atoms with Gasteiger partial charge in [0.2, 0.25) is 0 Å². The van der Waals surface area contributed by atoms with Crippen molar-refractivity contribution in [2.45, 2.75) is 19.8 Å². The zero-order valence-electron chi connectivity index (χ0n) is 17.2. The summed E-state index contributed by atoms with van der Waals surface area (Å²) in [6, 6.07) is 13.3. The van der Waals surface area contributed by atoms with Crippen LogP contribution in [0, 0.1) is 0 Å². The van der Waals surface area contributed by atoms with E-state index in [9.17, 15) is 5.11 Å². The quantitative estimate of drug-likeness (QED) is 0.513. The molecule has 2 rings (SSSR count). The molecule has 0 atom stereocenters. The number of nitrogens with one attached hydrogen (secondary N) is 1. The molecule has 0 spiro atoms. The van der Waals surface area contributed by atoms with Crippen LogP contribution in [0.1, 0.15) is 18.1 Å². The maximum Gasteiger partial charge on any atom is 0.193 e. The smallest absolute Gasteiger partial charge is 0.193 e. The number of nitrogens with zero attached hydrogens (tertiary/aromatic N) is 2. The molecule has 0 saturated heterocycles. The van der Waals surface area contributed by atoms with Crippen LogP contribution >= 0.6 is 0 Å². The highest BCUT2D eigenvalue weighted by Gasteiger charge is 2.08. The first-order chi connectivity index (χ1) is 13.6. The van der Waals surface area contributed by atoms with Gasteiger partial charge in [-0.15, -0.1) is 0 Å². The highest BCUT2D eigenvalue weighted by molar-refractivity contribution is 5.79. The maximum atomic E-state index is 9.57. The third-order valence-corrected chi connectivity index (χ3v) is 4.45. The second-order valence-corrected chi connectivity index (χ2v) is 6.52. The molecule has 6 nitrogen and oxygen atoms in total. The van der Waals surface area contributed by atoms with Crippen molar-refractivity contribution in [2.24, 2.45) is 4.99 Å². The summed E-state index contributed by atoms with van der Waals surface area (Å²) in [5, 5.41) is 12.9. The summed E-state index contributed by atoms with van der Waals surface area (Å²) < 4.78 is 10.7. The third kappa shape index (κ3) is 6.37. The van der Waals surface area contributed by atoms with Crippen LogP contribution < -0.4 is 14.8 Å². The summed E-state index contributed by atoms with van der Waals surface area (Å²) in [6.07, 6.45) is 1.65. The molecular formula is C22H31N3O3. The number of guanidine groups is 1. The molecule has 0 heterocycles. The van der Waals surface area contributed by atoms with Crippen LogP contribution in [0.5, 0.6) is 17.2 Å². The number of benzene rings is 2. The Morgan fingerprint density at radius 2 is 1.79 bits per heavy atom. The van der Waals surface area contributed by atoms with E-state index < -0.39 is 0 Å².